The van der Waals surface area contributed by atoms with Crippen LogP contribution in [0.4, 0.5) is 5.69 Å². The van der Waals surface area contributed by atoms with Crippen molar-refractivity contribution in [2.45, 2.75) is 19.9 Å². The van der Waals surface area contributed by atoms with E-state index in [4.69, 9.17) is 0 Å². The minimum atomic E-state index is 0.637. The summed E-state index contributed by atoms with van der Waals surface area (Å²) in [4.78, 5) is 5.01. The molecule has 5 heteroatoms. The van der Waals surface area contributed by atoms with Gasteiger partial charge in [-0.05, 0) is 43.7 Å². The minimum Gasteiger partial charge on any atom is -0.369 e. The van der Waals surface area contributed by atoms with Crippen molar-refractivity contribution < 1.29 is 0 Å². The Bertz CT molecular complexity index is 813. The van der Waals surface area contributed by atoms with Crippen molar-refractivity contribution in [2.75, 3.05) is 31.1 Å². The molecule has 1 aliphatic heterocycles. The molecule has 1 aromatic carbocycles. The highest BCUT2D eigenvalue weighted by Crippen LogP contribution is 2.26. The highest BCUT2D eigenvalue weighted by atomic mass is 15.3. The summed E-state index contributed by atoms with van der Waals surface area (Å²) in [7, 11) is 0. The van der Waals surface area contributed by atoms with Gasteiger partial charge < -0.3 is 4.90 Å². The summed E-state index contributed by atoms with van der Waals surface area (Å²) in [6.45, 7) is 9.01. The van der Waals surface area contributed by atoms with Crippen LogP contribution in [0, 0.1) is 0 Å². The van der Waals surface area contributed by atoms with Gasteiger partial charge in [-0.15, -0.1) is 10.2 Å². The molecule has 5 nitrogen and oxygen atoms in total. The molecule has 1 saturated heterocycles. The zero-order chi connectivity index (χ0) is 16.5. The highest BCUT2D eigenvalue weighted by molar-refractivity contribution is 5.78. The third-order valence-electron chi connectivity index (χ3n) is 4.91. The Labute approximate surface area is 142 Å². The van der Waals surface area contributed by atoms with Crippen LogP contribution in [-0.4, -0.2) is 51.7 Å². The molecule has 2 aromatic heterocycles. The topological polar surface area (TPSA) is 36.7 Å². The Morgan fingerprint density at radius 3 is 2.42 bits per heavy atom. The van der Waals surface area contributed by atoms with Crippen LogP contribution in [0.15, 0.2) is 48.9 Å². The van der Waals surface area contributed by atoms with Crippen LogP contribution < -0.4 is 4.90 Å². The van der Waals surface area contributed by atoms with Crippen molar-refractivity contribution in [2.24, 2.45) is 0 Å². The molecule has 1 fully saturated rings. The third-order valence-corrected chi connectivity index (χ3v) is 4.91. The van der Waals surface area contributed by atoms with Crippen molar-refractivity contribution in [1.82, 2.24) is 19.5 Å². The molecule has 0 N–H and O–H groups in total. The van der Waals surface area contributed by atoms with Crippen LogP contribution in [0.3, 0.4) is 0 Å². The van der Waals surface area contributed by atoms with Crippen LogP contribution in [0.1, 0.15) is 13.8 Å². The molecule has 0 unspecified atom stereocenters. The smallest absolute Gasteiger partial charge is 0.168 e. The number of hydrogen-bond donors (Lipinski definition) is 0. The number of anilines is 1. The predicted molar refractivity (Wildman–Crippen MR) is 97.3 cm³/mol. The van der Waals surface area contributed by atoms with Crippen LogP contribution in [-0.2, 0) is 0 Å². The number of pyridine rings is 1. The molecule has 0 radical (unpaired) electrons. The summed E-state index contributed by atoms with van der Waals surface area (Å²) >= 11 is 0. The monoisotopic (exact) mass is 321 g/mol. The van der Waals surface area contributed by atoms with Gasteiger partial charge in [0.05, 0.1) is 0 Å². The molecular formula is C19H23N5. The lowest BCUT2D eigenvalue weighted by molar-refractivity contribution is 0.209. The lowest BCUT2D eigenvalue weighted by Crippen LogP contribution is -2.48. The fourth-order valence-corrected chi connectivity index (χ4v) is 3.42. The van der Waals surface area contributed by atoms with Crippen LogP contribution in [0.2, 0.25) is 0 Å². The fraction of sp³-hybridized carbons (Fsp3) is 0.368. The number of aromatic nitrogens is 3. The Morgan fingerprint density at radius 2 is 1.71 bits per heavy atom. The summed E-state index contributed by atoms with van der Waals surface area (Å²) < 4.78 is 1.95. The summed E-state index contributed by atoms with van der Waals surface area (Å²) in [6, 6.07) is 13.6. The van der Waals surface area contributed by atoms with Crippen molar-refractivity contribution in [3.63, 3.8) is 0 Å². The SMILES string of the molecule is CC(C)N1CCN(c2ccc(-c3cccn4cnnc34)cc2)CC1. The Balaban J connectivity index is 1.54. The molecule has 3 aromatic rings. The first-order valence-electron chi connectivity index (χ1n) is 8.60. The largest absolute Gasteiger partial charge is 0.369 e. The summed E-state index contributed by atoms with van der Waals surface area (Å²) in [5.74, 6) is 0. The van der Waals surface area contributed by atoms with Gasteiger partial charge in [0.2, 0.25) is 0 Å². The van der Waals surface area contributed by atoms with Gasteiger partial charge in [-0.3, -0.25) is 9.30 Å². The van der Waals surface area contributed by atoms with Crippen molar-refractivity contribution >= 4 is 11.3 Å². The Kier molecular flexibility index (Phi) is 3.94. The average Bonchev–Trinajstić information content (AvgIpc) is 3.11. The third kappa shape index (κ3) is 2.76. The van der Waals surface area contributed by atoms with Crippen LogP contribution in [0.25, 0.3) is 16.8 Å². The van der Waals surface area contributed by atoms with E-state index in [0.29, 0.717) is 6.04 Å². The summed E-state index contributed by atoms with van der Waals surface area (Å²) in [6.07, 6.45) is 3.71. The maximum absolute atomic E-state index is 4.23. The van der Waals surface area contributed by atoms with E-state index in [1.165, 1.54) is 11.3 Å². The van der Waals surface area contributed by atoms with Gasteiger partial charge in [0.15, 0.2) is 5.65 Å². The molecule has 0 aliphatic carbocycles. The van der Waals surface area contributed by atoms with E-state index in [-0.39, 0.29) is 0 Å². The standard InChI is InChI=1S/C19H23N5/c1-15(2)22-10-12-23(13-11-22)17-7-5-16(6-8-17)18-4-3-9-24-14-20-21-19(18)24/h3-9,14-15H,10-13H2,1-2H3. The van der Waals surface area contributed by atoms with Crippen molar-refractivity contribution in [3.05, 3.63) is 48.9 Å². The van der Waals surface area contributed by atoms with Gasteiger partial charge in [0, 0.05) is 49.7 Å². The molecule has 4 rings (SSSR count). The first-order chi connectivity index (χ1) is 11.7. The van der Waals surface area contributed by atoms with Gasteiger partial charge in [-0.1, -0.05) is 12.1 Å². The average molecular weight is 321 g/mol. The molecule has 3 heterocycles. The van der Waals surface area contributed by atoms with Crippen LogP contribution >= 0.6 is 0 Å². The van der Waals surface area contributed by atoms with E-state index in [9.17, 15) is 0 Å². The molecule has 0 spiro atoms. The van der Waals surface area contributed by atoms with Gasteiger partial charge in [0.25, 0.3) is 0 Å². The van der Waals surface area contributed by atoms with E-state index in [1.807, 2.05) is 16.7 Å². The second-order valence-corrected chi connectivity index (χ2v) is 6.65. The zero-order valence-electron chi connectivity index (χ0n) is 14.3. The summed E-state index contributed by atoms with van der Waals surface area (Å²) in [5.41, 5.74) is 4.50. The van der Waals surface area contributed by atoms with Gasteiger partial charge in [0.1, 0.15) is 6.33 Å². The van der Waals surface area contributed by atoms with E-state index in [0.717, 1.165) is 37.4 Å². The number of nitrogens with zero attached hydrogens (tertiary/aromatic N) is 5. The van der Waals surface area contributed by atoms with E-state index < -0.39 is 0 Å². The van der Waals surface area contributed by atoms with E-state index in [1.54, 1.807) is 6.33 Å². The number of hydrogen-bond acceptors (Lipinski definition) is 4. The molecule has 124 valence electrons. The van der Waals surface area contributed by atoms with Crippen molar-refractivity contribution in [1.29, 1.82) is 0 Å². The van der Waals surface area contributed by atoms with Crippen LogP contribution in [0.5, 0.6) is 0 Å². The lowest BCUT2D eigenvalue weighted by atomic mass is 10.1. The van der Waals surface area contributed by atoms with E-state index in [2.05, 4.69) is 64.2 Å². The van der Waals surface area contributed by atoms with E-state index >= 15 is 0 Å². The summed E-state index contributed by atoms with van der Waals surface area (Å²) in [5, 5.41) is 8.23. The Hall–Kier alpha value is -2.40. The quantitative estimate of drug-likeness (QED) is 0.743. The first kappa shape index (κ1) is 15.1. The molecule has 0 bridgehead atoms. The first-order valence-corrected chi connectivity index (χ1v) is 8.60. The van der Waals surface area contributed by atoms with Gasteiger partial charge in [-0.25, -0.2) is 0 Å². The number of rotatable bonds is 3. The predicted octanol–water partition coefficient (Wildman–Crippen LogP) is 2.93. The molecular weight excluding hydrogens is 298 g/mol. The highest BCUT2D eigenvalue weighted by Gasteiger charge is 2.19. The molecule has 1 aliphatic rings. The fourth-order valence-electron chi connectivity index (χ4n) is 3.42. The van der Waals surface area contributed by atoms with Gasteiger partial charge in [-0.2, -0.15) is 0 Å². The van der Waals surface area contributed by atoms with Gasteiger partial charge >= 0.3 is 0 Å². The minimum absolute atomic E-state index is 0.637. The Morgan fingerprint density at radius 1 is 0.958 bits per heavy atom. The normalized spacial score (nSPS) is 16.2. The molecule has 0 amide bonds. The maximum atomic E-state index is 4.23. The number of fused-ring (bicyclic) bond motifs is 1. The number of piperazine rings is 1. The second-order valence-electron chi connectivity index (χ2n) is 6.65. The maximum Gasteiger partial charge on any atom is 0.168 e. The molecule has 0 saturated carbocycles. The van der Waals surface area contributed by atoms with Crippen molar-refractivity contribution in [3.8, 4) is 11.1 Å². The zero-order valence-corrected chi connectivity index (χ0v) is 14.3. The molecule has 0 atom stereocenters. The number of benzene rings is 1. The lowest BCUT2D eigenvalue weighted by Gasteiger charge is -2.38. The molecule has 24 heavy (non-hydrogen) atoms. The second kappa shape index (κ2) is 6.24.